The van der Waals surface area contributed by atoms with Crippen molar-refractivity contribution in [1.82, 2.24) is 4.90 Å². The second-order valence-electron chi connectivity index (χ2n) is 3.97. The predicted molar refractivity (Wildman–Crippen MR) is 73.4 cm³/mol. The Hall–Kier alpha value is -0.0600. The Kier molecular flexibility index (Phi) is 5.79. The molecule has 1 nitrogen and oxygen atoms in total. The van der Waals surface area contributed by atoms with E-state index in [1.54, 1.807) is 0 Å². The van der Waals surface area contributed by atoms with Crippen LogP contribution in [0.1, 0.15) is 12.5 Å². The molecule has 0 aliphatic carbocycles. The largest absolute Gasteiger partial charge is 0.299 e. The standard InChI is InChI=1S/C12H17BrFNS/c1-9(8-16-3)15(2)7-10-4-5-12(14)11(13)6-10/h4-6,9H,7-8H2,1-3H3. The summed E-state index contributed by atoms with van der Waals surface area (Å²) in [6.45, 7) is 3.05. The van der Waals surface area contributed by atoms with Gasteiger partial charge in [-0.2, -0.15) is 11.8 Å². The fourth-order valence-corrected chi connectivity index (χ4v) is 2.61. The van der Waals surface area contributed by atoms with Gasteiger partial charge >= 0.3 is 0 Å². The van der Waals surface area contributed by atoms with Gasteiger partial charge in [-0.15, -0.1) is 0 Å². The summed E-state index contributed by atoms with van der Waals surface area (Å²) >= 11 is 5.05. The molecule has 1 aromatic rings. The summed E-state index contributed by atoms with van der Waals surface area (Å²) in [5.74, 6) is 0.905. The van der Waals surface area contributed by atoms with E-state index in [0.717, 1.165) is 17.9 Å². The van der Waals surface area contributed by atoms with Gasteiger partial charge in [0.05, 0.1) is 4.47 Å². The Morgan fingerprint density at radius 2 is 2.19 bits per heavy atom. The maximum absolute atomic E-state index is 13.1. The zero-order chi connectivity index (χ0) is 12.1. The highest BCUT2D eigenvalue weighted by atomic mass is 79.9. The van der Waals surface area contributed by atoms with Crippen molar-refractivity contribution in [2.45, 2.75) is 19.5 Å². The summed E-state index contributed by atoms with van der Waals surface area (Å²) < 4.78 is 13.6. The molecule has 1 rings (SSSR count). The molecule has 0 aliphatic heterocycles. The first-order valence-electron chi connectivity index (χ1n) is 5.17. The molecule has 0 heterocycles. The summed E-state index contributed by atoms with van der Waals surface area (Å²) in [5, 5.41) is 0. The lowest BCUT2D eigenvalue weighted by atomic mass is 10.2. The van der Waals surface area contributed by atoms with Gasteiger partial charge in [-0.05, 0) is 53.9 Å². The van der Waals surface area contributed by atoms with Crippen LogP contribution in [0.15, 0.2) is 22.7 Å². The zero-order valence-corrected chi connectivity index (χ0v) is 12.2. The fraction of sp³-hybridized carbons (Fsp3) is 0.500. The summed E-state index contributed by atoms with van der Waals surface area (Å²) in [4.78, 5) is 2.27. The van der Waals surface area contributed by atoms with Crippen LogP contribution in [0.3, 0.4) is 0 Å². The van der Waals surface area contributed by atoms with Gasteiger partial charge in [-0.3, -0.25) is 4.90 Å². The van der Waals surface area contributed by atoms with Gasteiger partial charge in [-0.25, -0.2) is 4.39 Å². The second kappa shape index (κ2) is 6.62. The van der Waals surface area contributed by atoms with Crippen molar-refractivity contribution >= 4 is 27.7 Å². The van der Waals surface area contributed by atoms with E-state index >= 15 is 0 Å². The van der Waals surface area contributed by atoms with Crippen LogP contribution in [-0.4, -0.2) is 30.0 Å². The lowest BCUT2D eigenvalue weighted by molar-refractivity contribution is 0.269. The van der Waals surface area contributed by atoms with E-state index in [9.17, 15) is 4.39 Å². The number of rotatable bonds is 5. The monoisotopic (exact) mass is 305 g/mol. The molecule has 0 aliphatic rings. The molecule has 0 N–H and O–H groups in total. The van der Waals surface area contributed by atoms with Crippen molar-refractivity contribution < 1.29 is 4.39 Å². The molecule has 1 atom stereocenters. The van der Waals surface area contributed by atoms with E-state index in [1.807, 2.05) is 23.9 Å². The van der Waals surface area contributed by atoms with Crippen molar-refractivity contribution in [3.63, 3.8) is 0 Å². The maximum Gasteiger partial charge on any atom is 0.137 e. The van der Waals surface area contributed by atoms with E-state index in [2.05, 4.69) is 41.1 Å². The number of hydrogen-bond donors (Lipinski definition) is 0. The van der Waals surface area contributed by atoms with Crippen LogP contribution in [0, 0.1) is 5.82 Å². The number of hydrogen-bond acceptors (Lipinski definition) is 2. The van der Waals surface area contributed by atoms with E-state index in [1.165, 1.54) is 6.07 Å². The zero-order valence-electron chi connectivity index (χ0n) is 9.84. The summed E-state index contributed by atoms with van der Waals surface area (Å²) in [6.07, 6.45) is 2.11. The minimum Gasteiger partial charge on any atom is -0.299 e. The van der Waals surface area contributed by atoms with Gasteiger partial charge in [-0.1, -0.05) is 6.07 Å². The minimum absolute atomic E-state index is 0.205. The average molecular weight is 306 g/mol. The summed E-state index contributed by atoms with van der Waals surface area (Å²) in [6, 6.07) is 5.71. The molecule has 0 fully saturated rings. The van der Waals surface area contributed by atoms with Crippen molar-refractivity contribution in [1.29, 1.82) is 0 Å². The number of halogens is 2. The molecule has 0 saturated heterocycles. The Morgan fingerprint density at radius 3 is 2.75 bits per heavy atom. The molecule has 0 saturated carbocycles. The van der Waals surface area contributed by atoms with Crippen molar-refractivity contribution in [2.24, 2.45) is 0 Å². The van der Waals surface area contributed by atoms with E-state index < -0.39 is 0 Å². The highest BCUT2D eigenvalue weighted by Gasteiger charge is 2.09. The highest BCUT2D eigenvalue weighted by molar-refractivity contribution is 9.10. The number of thioether (sulfide) groups is 1. The first-order valence-corrected chi connectivity index (χ1v) is 7.36. The van der Waals surface area contributed by atoms with E-state index in [0.29, 0.717) is 10.5 Å². The molecule has 0 aromatic heterocycles. The van der Waals surface area contributed by atoms with Gasteiger partial charge in [0.1, 0.15) is 5.82 Å². The van der Waals surface area contributed by atoms with Gasteiger partial charge < -0.3 is 0 Å². The second-order valence-corrected chi connectivity index (χ2v) is 5.73. The van der Waals surface area contributed by atoms with Crippen molar-refractivity contribution in [2.75, 3.05) is 19.1 Å². The number of nitrogens with zero attached hydrogens (tertiary/aromatic N) is 1. The highest BCUT2D eigenvalue weighted by Crippen LogP contribution is 2.18. The quantitative estimate of drug-likeness (QED) is 0.814. The first-order chi connectivity index (χ1) is 7.54. The average Bonchev–Trinajstić information content (AvgIpc) is 2.24. The normalized spacial score (nSPS) is 13.1. The molecular formula is C12H17BrFNS. The molecule has 16 heavy (non-hydrogen) atoms. The molecule has 0 radical (unpaired) electrons. The minimum atomic E-state index is -0.205. The maximum atomic E-state index is 13.1. The molecular weight excluding hydrogens is 289 g/mol. The topological polar surface area (TPSA) is 3.24 Å². The van der Waals surface area contributed by atoms with Crippen LogP contribution in [0.5, 0.6) is 0 Å². The van der Waals surface area contributed by atoms with Crippen LogP contribution in [0.25, 0.3) is 0 Å². The van der Waals surface area contributed by atoms with Crippen LogP contribution in [0.2, 0.25) is 0 Å². The van der Waals surface area contributed by atoms with Crippen LogP contribution >= 0.6 is 27.7 Å². The summed E-state index contributed by atoms with van der Waals surface area (Å²) in [7, 11) is 2.10. The van der Waals surface area contributed by atoms with E-state index in [-0.39, 0.29) is 5.82 Å². The fourth-order valence-electron chi connectivity index (χ4n) is 1.45. The van der Waals surface area contributed by atoms with Gasteiger partial charge in [0.2, 0.25) is 0 Å². The molecule has 0 bridgehead atoms. The first kappa shape index (κ1) is 14.0. The Labute approximate surface area is 110 Å². The van der Waals surface area contributed by atoms with Crippen molar-refractivity contribution in [3.8, 4) is 0 Å². The van der Waals surface area contributed by atoms with Crippen LogP contribution < -0.4 is 0 Å². The van der Waals surface area contributed by atoms with E-state index in [4.69, 9.17) is 0 Å². The third-order valence-corrected chi connectivity index (χ3v) is 4.00. The molecule has 90 valence electrons. The summed E-state index contributed by atoms with van der Waals surface area (Å²) in [5.41, 5.74) is 1.13. The van der Waals surface area contributed by atoms with Gasteiger partial charge in [0.25, 0.3) is 0 Å². The Morgan fingerprint density at radius 1 is 1.50 bits per heavy atom. The van der Waals surface area contributed by atoms with Gasteiger partial charge in [0.15, 0.2) is 0 Å². The lowest BCUT2D eigenvalue weighted by Gasteiger charge is -2.24. The molecule has 4 heteroatoms. The van der Waals surface area contributed by atoms with Crippen LogP contribution in [0.4, 0.5) is 4.39 Å². The Bertz CT molecular complexity index is 346. The third kappa shape index (κ3) is 4.07. The molecule has 0 spiro atoms. The van der Waals surface area contributed by atoms with Crippen molar-refractivity contribution in [3.05, 3.63) is 34.1 Å². The van der Waals surface area contributed by atoms with Gasteiger partial charge in [0, 0.05) is 18.3 Å². The Balaban J connectivity index is 2.62. The predicted octanol–water partition coefficient (Wildman–Crippen LogP) is 3.77. The molecule has 1 aromatic carbocycles. The smallest absolute Gasteiger partial charge is 0.137 e. The third-order valence-electron chi connectivity index (χ3n) is 2.58. The molecule has 1 unspecified atom stereocenters. The SMILES string of the molecule is CSCC(C)N(C)Cc1ccc(F)c(Br)c1. The lowest BCUT2D eigenvalue weighted by Crippen LogP contribution is -2.30. The number of benzene rings is 1. The molecule has 0 amide bonds. The van der Waals surface area contributed by atoms with Crippen LogP contribution in [-0.2, 0) is 6.54 Å².